The van der Waals surface area contributed by atoms with E-state index >= 15 is 0 Å². The Bertz CT molecular complexity index is 433. The van der Waals surface area contributed by atoms with Crippen LogP contribution in [0.15, 0.2) is 30.3 Å². The van der Waals surface area contributed by atoms with Crippen molar-refractivity contribution in [3.63, 3.8) is 0 Å². The molecule has 0 aliphatic heterocycles. The predicted molar refractivity (Wildman–Crippen MR) is 81.4 cm³/mol. The van der Waals surface area contributed by atoms with Crippen LogP contribution in [-0.4, -0.2) is 36.7 Å². The molecule has 0 aromatic heterocycles. The number of carbonyl (C=O) groups is 2. The molecule has 0 fully saturated rings. The van der Waals surface area contributed by atoms with Gasteiger partial charge >= 0.3 is 5.97 Å². The second-order valence-electron chi connectivity index (χ2n) is 4.74. The molecule has 5 heteroatoms. The largest absolute Gasteiger partial charge is 0.481 e. The highest BCUT2D eigenvalue weighted by Crippen LogP contribution is 2.15. The average molecular weight is 293 g/mol. The molecule has 0 radical (unpaired) electrons. The Balaban J connectivity index is 2.58. The van der Waals surface area contributed by atoms with Crippen molar-refractivity contribution in [2.24, 2.45) is 0 Å². The van der Waals surface area contributed by atoms with Crippen LogP contribution in [0.3, 0.4) is 0 Å². The van der Waals surface area contributed by atoms with E-state index in [2.05, 4.69) is 0 Å². The minimum Gasteiger partial charge on any atom is -0.481 e. The molecule has 0 aliphatic rings. The third-order valence-corrected chi connectivity index (χ3v) is 2.95. The summed E-state index contributed by atoms with van der Waals surface area (Å²) >= 11 is 0. The molecule has 0 bridgehead atoms. The maximum Gasteiger partial charge on any atom is 0.303 e. The third-order valence-electron chi connectivity index (χ3n) is 2.95. The fourth-order valence-electron chi connectivity index (χ4n) is 1.93. The highest BCUT2D eigenvalue weighted by atomic mass is 16.5. The molecule has 0 heterocycles. The van der Waals surface area contributed by atoms with Crippen LogP contribution in [0.2, 0.25) is 0 Å². The van der Waals surface area contributed by atoms with Gasteiger partial charge in [0, 0.05) is 25.3 Å². The van der Waals surface area contributed by atoms with Gasteiger partial charge in [0.25, 0.3) is 0 Å². The summed E-state index contributed by atoms with van der Waals surface area (Å²) in [6, 6.07) is 9.31. The molecule has 1 amide bonds. The summed E-state index contributed by atoms with van der Waals surface area (Å²) < 4.78 is 5.34. The van der Waals surface area contributed by atoms with Gasteiger partial charge in [0.05, 0.1) is 13.0 Å². The Morgan fingerprint density at radius 3 is 2.48 bits per heavy atom. The summed E-state index contributed by atoms with van der Waals surface area (Å²) in [4.78, 5) is 24.5. The number of para-hydroxylation sites is 1. The van der Waals surface area contributed by atoms with Crippen LogP contribution >= 0.6 is 0 Å². The fourth-order valence-corrected chi connectivity index (χ4v) is 1.93. The number of ether oxygens (including phenoxy) is 1. The lowest BCUT2D eigenvalue weighted by atomic mass is 10.2. The van der Waals surface area contributed by atoms with E-state index in [0.717, 1.165) is 12.1 Å². The maximum absolute atomic E-state index is 12.3. The molecular weight excluding hydrogens is 270 g/mol. The molecule has 0 spiro atoms. The van der Waals surface area contributed by atoms with Gasteiger partial charge in [-0.1, -0.05) is 25.1 Å². The van der Waals surface area contributed by atoms with Crippen molar-refractivity contribution in [2.45, 2.75) is 32.6 Å². The van der Waals surface area contributed by atoms with E-state index in [4.69, 9.17) is 9.84 Å². The standard InChI is InChI=1S/C16H23NO4/c1-2-12-21-13-10-15(18)17(11-6-9-16(19)20)14-7-4-3-5-8-14/h3-5,7-8H,2,6,9-13H2,1H3,(H,19,20). The van der Waals surface area contributed by atoms with Crippen molar-refractivity contribution >= 4 is 17.6 Å². The lowest BCUT2D eigenvalue weighted by Crippen LogP contribution is -2.32. The molecule has 21 heavy (non-hydrogen) atoms. The van der Waals surface area contributed by atoms with E-state index in [0.29, 0.717) is 32.6 Å². The van der Waals surface area contributed by atoms with Crippen molar-refractivity contribution in [1.29, 1.82) is 0 Å². The molecule has 116 valence electrons. The number of nitrogens with zero attached hydrogens (tertiary/aromatic N) is 1. The fraction of sp³-hybridized carbons (Fsp3) is 0.500. The molecule has 1 N–H and O–H groups in total. The van der Waals surface area contributed by atoms with Gasteiger partial charge in [-0.2, -0.15) is 0 Å². The van der Waals surface area contributed by atoms with Gasteiger partial charge in [-0.15, -0.1) is 0 Å². The average Bonchev–Trinajstić information content (AvgIpc) is 2.48. The Morgan fingerprint density at radius 2 is 1.86 bits per heavy atom. The topological polar surface area (TPSA) is 66.8 Å². The van der Waals surface area contributed by atoms with E-state index < -0.39 is 5.97 Å². The van der Waals surface area contributed by atoms with Gasteiger partial charge < -0.3 is 14.7 Å². The van der Waals surface area contributed by atoms with Crippen molar-refractivity contribution in [3.8, 4) is 0 Å². The Labute approximate surface area is 125 Å². The third kappa shape index (κ3) is 6.90. The zero-order valence-electron chi connectivity index (χ0n) is 12.5. The maximum atomic E-state index is 12.3. The van der Waals surface area contributed by atoms with Gasteiger partial charge in [-0.05, 0) is 25.0 Å². The van der Waals surface area contributed by atoms with Crippen molar-refractivity contribution in [2.75, 3.05) is 24.7 Å². The number of anilines is 1. The number of carboxylic acid groups (broad SMARTS) is 1. The monoisotopic (exact) mass is 293 g/mol. The smallest absolute Gasteiger partial charge is 0.303 e. The van der Waals surface area contributed by atoms with Crippen molar-refractivity contribution in [3.05, 3.63) is 30.3 Å². The molecule has 0 aliphatic carbocycles. The number of benzene rings is 1. The lowest BCUT2D eigenvalue weighted by molar-refractivity contribution is -0.137. The first-order chi connectivity index (χ1) is 10.1. The molecule has 0 atom stereocenters. The van der Waals surface area contributed by atoms with E-state index in [1.807, 2.05) is 37.3 Å². The lowest BCUT2D eigenvalue weighted by Gasteiger charge is -2.22. The summed E-state index contributed by atoms with van der Waals surface area (Å²) in [6.45, 7) is 3.47. The summed E-state index contributed by atoms with van der Waals surface area (Å²) in [5.41, 5.74) is 0.795. The molecule has 1 rings (SSSR count). The van der Waals surface area contributed by atoms with E-state index in [-0.39, 0.29) is 12.3 Å². The van der Waals surface area contributed by atoms with Crippen LogP contribution < -0.4 is 4.90 Å². The highest BCUT2D eigenvalue weighted by molar-refractivity contribution is 5.93. The number of rotatable bonds is 10. The van der Waals surface area contributed by atoms with Crippen molar-refractivity contribution < 1.29 is 19.4 Å². The van der Waals surface area contributed by atoms with Crippen LogP contribution in [0.4, 0.5) is 5.69 Å². The molecule has 0 saturated heterocycles. The predicted octanol–water partition coefficient (Wildman–Crippen LogP) is 2.70. The summed E-state index contributed by atoms with van der Waals surface area (Å²) in [6.07, 6.45) is 1.73. The number of aliphatic carboxylic acids is 1. The molecule has 1 aromatic carbocycles. The summed E-state index contributed by atoms with van der Waals surface area (Å²) in [5.74, 6) is -0.885. The van der Waals surface area contributed by atoms with Gasteiger partial charge in [-0.3, -0.25) is 9.59 Å². The van der Waals surface area contributed by atoms with E-state index in [1.54, 1.807) is 4.90 Å². The quantitative estimate of drug-likeness (QED) is 0.674. The van der Waals surface area contributed by atoms with Crippen LogP contribution in [0.5, 0.6) is 0 Å². The van der Waals surface area contributed by atoms with Gasteiger partial charge in [-0.25, -0.2) is 0 Å². The van der Waals surface area contributed by atoms with Crippen LogP contribution in [-0.2, 0) is 14.3 Å². The zero-order chi connectivity index (χ0) is 15.5. The number of carboxylic acids is 1. The van der Waals surface area contributed by atoms with Crippen LogP contribution in [0.25, 0.3) is 0 Å². The highest BCUT2D eigenvalue weighted by Gasteiger charge is 2.15. The van der Waals surface area contributed by atoms with Crippen LogP contribution in [0, 0.1) is 0 Å². The second kappa shape index (κ2) is 9.94. The minimum absolute atomic E-state index is 0.0392. The number of carbonyl (C=O) groups excluding carboxylic acids is 1. The molecule has 0 saturated carbocycles. The Morgan fingerprint density at radius 1 is 1.14 bits per heavy atom. The molecule has 0 unspecified atom stereocenters. The van der Waals surface area contributed by atoms with Crippen LogP contribution in [0.1, 0.15) is 32.6 Å². The summed E-state index contributed by atoms with van der Waals surface area (Å²) in [5, 5.41) is 8.71. The first-order valence-electron chi connectivity index (χ1n) is 7.30. The van der Waals surface area contributed by atoms with E-state index in [9.17, 15) is 9.59 Å². The Kier molecular flexibility index (Phi) is 8.12. The first-order valence-corrected chi connectivity index (χ1v) is 7.30. The molecular formula is C16H23NO4. The number of hydrogen-bond donors (Lipinski definition) is 1. The second-order valence-corrected chi connectivity index (χ2v) is 4.74. The number of hydrogen-bond acceptors (Lipinski definition) is 3. The zero-order valence-corrected chi connectivity index (χ0v) is 12.5. The van der Waals surface area contributed by atoms with E-state index in [1.165, 1.54) is 0 Å². The molecule has 5 nitrogen and oxygen atoms in total. The molecule has 1 aromatic rings. The summed E-state index contributed by atoms with van der Waals surface area (Å²) in [7, 11) is 0. The van der Waals surface area contributed by atoms with Gasteiger partial charge in [0.2, 0.25) is 5.91 Å². The van der Waals surface area contributed by atoms with Gasteiger partial charge in [0.1, 0.15) is 0 Å². The van der Waals surface area contributed by atoms with Crippen molar-refractivity contribution in [1.82, 2.24) is 0 Å². The normalized spacial score (nSPS) is 10.3. The first kappa shape index (κ1) is 17.2. The Hall–Kier alpha value is -1.88. The van der Waals surface area contributed by atoms with Gasteiger partial charge in [0.15, 0.2) is 0 Å². The SMILES string of the molecule is CCCOCCC(=O)N(CCCC(=O)O)c1ccccc1. The number of amides is 1. The minimum atomic E-state index is -0.846.